The second-order valence-corrected chi connectivity index (χ2v) is 5.45. The molecule has 0 spiro atoms. The minimum absolute atomic E-state index is 0.0513. The number of rotatable bonds is 2. The highest BCUT2D eigenvalue weighted by Gasteiger charge is 2.56. The maximum Gasteiger partial charge on any atom is 0.351 e. The highest BCUT2D eigenvalue weighted by molar-refractivity contribution is 6.30. The van der Waals surface area contributed by atoms with E-state index < -0.39 is 35.8 Å². The zero-order valence-electron chi connectivity index (χ0n) is 12.0. The molecule has 1 fully saturated rings. The number of nitrogen functional groups attached to an aromatic ring is 1. The zero-order valence-corrected chi connectivity index (χ0v) is 12.8. The second kappa shape index (κ2) is 5.87. The van der Waals surface area contributed by atoms with Crippen LogP contribution in [0.15, 0.2) is 10.9 Å². The van der Waals surface area contributed by atoms with Crippen LogP contribution in [0.1, 0.15) is 18.8 Å². The average Bonchev–Trinajstić information content (AvgIpc) is 2.63. The molecule has 6 N–H and O–H groups in total. The molecule has 1 unspecified atom stereocenters. The van der Waals surface area contributed by atoms with E-state index in [-0.39, 0.29) is 5.82 Å². The standard InChI is InChI=1S/C13H17ClN4O4/c1-6-5-8(15)17-12(21)18(6)11-13(16,3-4-14)10(20)9(22-11)7(2)19/h5,7,9-11,19-20H,16H2,1-2H3,(H2,15,17,21)/t7-,9+,10?,11+,13+/m0/s1. The number of hydrogen-bond donors (Lipinski definition) is 4. The monoisotopic (exact) mass is 328 g/mol. The Morgan fingerprint density at radius 3 is 2.77 bits per heavy atom. The number of ether oxygens (including phenoxy) is 1. The second-order valence-electron chi connectivity index (χ2n) is 5.27. The third-order valence-electron chi connectivity index (χ3n) is 3.64. The lowest BCUT2D eigenvalue weighted by Crippen LogP contribution is -2.55. The van der Waals surface area contributed by atoms with Gasteiger partial charge in [-0.05, 0) is 31.5 Å². The minimum atomic E-state index is -1.68. The van der Waals surface area contributed by atoms with Gasteiger partial charge in [0.15, 0.2) is 11.8 Å². The van der Waals surface area contributed by atoms with Crippen molar-refractivity contribution in [3.8, 4) is 11.3 Å². The maximum atomic E-state index is 12.1. The van der Waals surface area contributed by atoms with Crippen LogP contribution < -0.4 is 17.2 Å². The molecule has 1 aliphatic rings. The van der Waals surface area contributed by atoms with Crippen LogP contribution in [0.5, 0.6) is 0 Å². The van der Waals surface area contributed by atoms with Crippen molar-refractivity contribution in [2.45, 2.75) is 43.9 Å². The van der Waals surface area contributed by atoms with E-state index in [9.17, 15) is 15.0 Å². The Morgan fingerprint density at radius 2 is 2.27 bits per heavy atom. The molecule has 1 aromatic heterocycles. The normalized spacial score (nSPS) is 32.4. The lowest BCUT2D eigenvalue weighted by atomic mass is 9.90. The van der Waals surface area contributed by atoms with Crippen molar-refractivity contribution < 1.29 is 14.9 Å². The fraction of sp³-hybridized carbons (Fsp3) is 0.538. The molecule has 0 aromatic carbocycles. The summed E-state index contributed by atoms with van der Waals surface area (Å²) in [4.78, 5) is 15.8. The minimum Gasteiger partial charge on any atom is -0.391 e. The van der Waals surface area contributed by atoms with Crippen molar-refractivity contribution >= 4 is 17.4 Å². The third kappa shape index (κ3) is 2.58. The summed E-state index contributed by atoms with van der Waals surface area (Å²) in [7, 11) is 0. The van der Waals surface area contributed by atoms with E-state index >= 15 is 0 Å². The van der Waals surface area contributed by atoms with E-state index in [2.05, 4.69) is 16.3 Å². The number of nitrogens with zero attached hydrogens (tertiary/aromatic N) is 2. The molecule has 0 bridgehead atoms. The Balaban J connectivity index is 2.62. The van der Waals surface area contributed by atoms with Gasteiger partial charge in [0, 0.05) is 11.1 Å². The van der Waals surface area contributed by atoms with Gasteiger partial charge in [0.25, 0.3) is 0 Å². The summed E-state index contributed by atoms with van der Waals surface area (Å²) in [6.45, 7) is 3.04. The molecule has 0 aliphatic carbocycles. The lowest BCUT2D eigenvalue weighted by molar-refractivity contribution is -0.0783. The van der Waals surface area contributed by atoms with Crippen LogP contribution in [0.2, 0.25) is 0 Å². The van der Waals surface area contributed by atoms with E-state index in [1.54, 1.807) is 6.92 Å². The van der Waals surface area contributed by atoms with Gasteiger partial charge in [0.05, 0.1) is 6.10 Å². The Bertz CT molecular complexity index is 696. The van der Waals surface area contributed by atoms with Crippen LogP contribution in [0.4, 0.5) is 5.82 Å². The Morgan fingerprint density at radius 1 is 1.64 bits per heavy atom. The van der Waals surface area contributed by atoms with E-state index in [1.165, 1.54) is 13.0 Å². The fourth-order valence-corrected chi connectivity index (χ4v) is 2.70. The number of aliphatic hydroxyl groups excluding tert-OH is 2. The van der Waals surface area contributed by atoms with Crippen molar-refractivity contribution in [3.05, 3.63) is 22.2 Å². The Hall–Kier alpha value is -1.63. The van der Waals surface area contributed by atoms with Crippen molar-refractivity contribution in [2.24, 2.45) is 5.73 Å². The van der Waals surface area contributed by atoms with Crippen LogP contribution in [0.3, 0.4) is 0 Å². The quantitative estimate of drug-likeness (QED) is 0.494. The van der Waals surface area contributed by atoms with Gasteiger partial charge in [0.1, 0.15) is 18.0 Å². The fourth-order valence-electron chi connectivity index (χ4n) is 2.54. The van der Waals surface area contributed by atoms with E-state index in [4.69, 9.17) is 27.8 Å². The van der Waals surface area contributed by atoms with Crippen molar-refractivity contribution in [1.29, 1.82) is 0 Å². The summed E-state index contributed by atoms with van der Waals surface area (Å²) in [5, 5.41) is 22.2. The molecule has 2 rings (SSSR count). The van der Waals surface area contributed by atoms with Crippen LogP contribution in [-0.2, 0) is 4.74 Å². The van der Waals surface area contributed by atoms with Crippen molar-refractivity contribution in [1.82, 2.24) is 9.55 Å². The van der Waals surface area contributed by atoms with Crippen LogP contribution >= 0.6 is 11.6 Å². The van der Waals surface area contributed by atoms with Gasteiger partial charge in [-0.2, -0.15) is 4.98 Å². The summed E-state index contributed by atoms with van der Waals surface area (Å²) < 4.78 is 6.72. The number of aromatic nitrogens is 2. The number of aryl methyl sites for hydroxylation is 1. The predicted molar refractivity (Wildman–Crippen MR) is 79.8 cm³/mol. The largest absolute Gasteiger partial charge is 0.391 e. The van der Waals surface area contributed by atoms with Crippen LogP contribution in [0.25, 0.3) is 0 Å². The first-order valence-electron chi connectivity index (χ1n) is 6.51. The van der Waals surface area contributed by atoms with Gasteiger partial charge in [-0.25, -0.2) is 4.79 Å². The molecule has 8 nitrogen and oxygen atoms in total. The molecular formula is C13H17ClN4O4. The molecular weight excluding hydrogens is 312 g/mol. The Kier molecular flexibility index (Phi) is 4.47. The van der Waals surface area contributed by atoms with Crippen molar-refractivity contribution in [2.75, 3.05) is 5.73 Å². The molecule has 22 heavy (non-hydrogen) atoms. The smallest absolute Gasteiger partial charge is 0.351 e. The van der Waals surface area contributed by atoms with Gasteiger partial charge in [-0.15, -0.1) is 0 Å². The van der Waals surface area contributed by atoms with Gasteiger partial charge >= 0.3 is 5.69 Å². The summed E-state index contributed by atoms with van der Waals surface area (Å²) in [5.41, 5.74) is 9.69. The summed E-state index contributed by atoms with van der Waals surface area (Å²) in [5.74, 6) is 2.51. The molecule has 9 heteroatoms. The predicted octanol–water partition coefficient (Wildman–Crippen LogP) is -1.33. The first kappa shape index (κ1) is 16.7. The number of anilines is 1. The molecule has 1 aromatic rings. The SMILES string of the molecule is Cc1cc(N)nc(=O)n1[C@@H]1O[C@H]([C@H](C)O)C(O)[C@]1(N)C#CCl. The van der Waals surface area contributed by atoms with E-state index in [1.807, 2.05) is 0 Å². The first-order chi connectivity index (χ1) is 10.2. The van der Waals surface area contributed by atoms with Gasteiger partial charge in [-0.1, -0.05) is 5.92 Å². The molecule has 120 valence electrons. The topological polar surface area (TPSA) is 137 Å². The first-order valence-corrected chi connectivity index (χ1v) is 6.89. The maximum absolute atomic E-state index is 12.1. The number of hydrogen-bond acceptors (Lipinski definition) is 7. The molecule has 0 amide bonds. The van der Waals surface area contributed by atoms with E-state index in [0.717, 1.165) is 4.57 Å². The van der Waals surface area contributed by atoms with Gasteiger partial charge in [0.2, 0.25) is 0 Å². The molecule has 2 heterocycles. The molecule has 1 saturated heterocycles. The zero-order chi connectivity index (χ0) is 16.7. The van der Waals surface area contributed by atoms with Crippen LogP contribution in [-0.4, -0.2) is 43.6 Å². The molecule has 1 aliphatic heterocycles. The number of halogens is 1. The summed E-state index contributed by atoms with van der Waals surface area (Å²) >= 11 is 5.43. The number of aliphatic hydroxyl groups is 2. The molecule has 0 radical (unpaired) electrons. The average molecular weight is 329 g/mol. The highest BCUT2D eigenvalue weighted by atomic mass is 35.5. The van der Waals surface area contributed by atoms with Gasteiger partial charge in [-0.3, -0.25) is 4.57 Å². The lowest BCUT2D eigenvalue weighted by Gasteiger charge is -2.28. The summed E-state index contributed by atoms with van der Waals surface area (Å²) in [6.07, 6.45) is -4.59. The molecule has 5 atom stereocenters. The van der Waals surface area contributed by atoms with Crippen LogP contribution in [0, 0.1) is 18.2 Å². The third-order valence-corrected chi connectivity index (χ3v) is 3.73. The van der Waals surface area contributed by atoms with Crippen molar-refractivity contribution in [3.63, 3.8) is 0 Å². The molecule has 0 saturated carbocycles. The number of nitrogens with two attached hydrogens (primary N) is 2. The highest BCUT2D eigenvalue weighted by Crippen LogP contribution is 2.37. The van der Waals surface area contributed by atoms with Gasteiger partial charge < -0.3 is 26.4 Å². The summed E-state index contributed by atoms with van der Waals surface area (Å²) in [6, 6.07) is 1.46. The van der Waals surface area contributed by atoms with E-state index in [0.29, 0.717) is 5.69 Å². The Labute approximate surface area is 131 Å².